The van der Waals surface area contributed by atoms with E-state index in [0.717, 1.165) is 22.2 Å². The standard InChI is InChI=1S/C18H20BNO4.ClH/c20-9-15-8-14-6-7-21-11-16-17(24-19(23-15)18(14)16)12-22-10-13-4-2-1-3-5-13;/h1-8,15,17H,9-12,20H2;1H. The third kappa shape index (κ3) is 3.83. The van der Waals surface area contributed by atoms with Gasteiger partial charge in [-0.2, -0.15) is 0 Å². The molecule has 3 heterocycles. The van der Waals surface area contributed by atoms with Gasteiger partial charge in [0.05, 0.1) is 31.7 Å². The highest BCUT2D eigenvalue weighted by molar-refractivity contribution is 6.57. The van der Waals surface area contributed by atoms with E-state index in [4.69, 9.17) is 24.5 Å². The normalized spacial score (nSPS) is 24.2. The zero-order valence-electron chi connectivity index (χ0n) is 13.8. The molecule has 1 aromatic rings. The molecule has 0 fully saturated rings. The fourth-order valence-corrected chi connectivity index (χ4v) is 3.23. The molecule has 2 atom stereocenters. The number of hydrogen-bond donors (Lipinski definition) is 1. The monoisotopic (exact) mass is 361 g/mol. The van der Waals surface area contributed by atoms with Crippen molar-refractivity contribution in [2.45, 2.75) is 18.8 Å². The Hall–Kier alpha value is -1.57. The Bertz CT molecular complexity index is 692. The molecule has 0 radical (unpaired) electrons. The highest BCUT2D eigenvalue weighted by Crippen LogP contribution is 2.37. The maximum Gasteiger partial charge on any atom is 0.495 e. The molecule has 0 aromatic heterocycles. The molecule has 2 unspecified atom stereocenters. The highest BCUT2D eigenvalue weighted by atomic mass is 35.5. The van der Waals surface area contributed by atoms with Crippen LogP contribution in [0, 0.1) is 0 Å². The molecule has 132 valence electrons. The average Bonchev–Trinajstić information content (AvgIpc) is 2.82. The van der Waals surface area contributed by atoms with Crippen LogP contribution in [0.4, 0.5) is 0 Å². The predicted molar refractivity (Wildman–Crippen MR) is 98.1 cm³/mol. The summed E-state index contributed by atoms with van der Waals surface area (Å²) < 4.78 is 23.4. The zero-order chi connectivity index (χ0) is 16.4. The minimum absolute atomic E-state index is 0. The van der Waals surface area contributed by atoms with Crippen LogP contribution in [0.25, 0.3) is 0 Å². The van der Waals surface area contributed by atoms with E-state index in [1.165, 1.54) is 0 Å². The molecule has 0 saturated carbocycles. The molecule has 4 rings (SSSR count). The first kappa shape index (κ1) is 18.2. The number of benzene rings is 1. The highest BCUT2D eigenvalue weighted by Gasteiger charge is 2.45. The lowest BCUT2D eigenvalue weighted by Gasteiger charge is -2.24. The van der Waals surface area contributed by atoms with Gasteiger partial charge in [0.15, 0.2) is 0 Å². The van der Waals surface area contributed by atoms with Crippen molar-refractivity contribution in [3.8, 4) is 0 Å². The summed E-state index contributed by atoms with van der Waals surface area (Å²) in [5, 5.41) is 0. The second-order valence-corrected chi connectivity index (χ2v) is 6.04. The maximum atomic E-state index is 6.07. The van der Waals surface area contributed by atoms with Crippen LogP contribution in [-0.2, 0) is 25.4 Å². The lowest BCUT2D eigenvalue weighted by Crippen LogP contribution is -2.37. The fraction of sp³-hybridized carbons (Fsp3) is 0.333. The minimum Gasteiger partial charge on any atom is -0.497 e. The van der Waals surface area contributed by atoms with Crippen molar-refractivity contribution >= 4 is 19.5 Å². The van der Waals surface area contributed by atoms with Gasteiger partial charge in [-0.05, 0) is 34.3 Å². The van der Waals surface area contributed by atoms with E-state index >= 15 is 0 Å². The fourth-order valence-electron chi connectivity index (χ4n) is 3.23. The van der Waals surface area contributed by atoms with Gasteiger partial charge in [0.1, 0.15) is 6.61 Å². The summed E-state index contributed by atoms with van der Waals surface area (Å²) in [5.41, 5.74) is 10.1. The maximum absolute atomic E-state index is 6.07. The Labute approximate surface area is 154 Å². The number of ether oxygens (including phenoxy) is 2. The van der Waals surface area contributed by atoms with E-state index in [1.54, 1.807) is 6.26 Å². The molecule has 3 aliphatic rings. The Morgan fingerprint density at radius 3 is 2.84 bits per heavy atom. The van der Waals surface area contributed by atoms with Crippen LogP contribution in [0.2, 0.25) is 0 Å². The van der Waals surface area contributed by atoms with Crippen molar-refractivity contribution in [2.24, 2.45) is 5.73 Å². The summed E-state index contributed by atoms with van der Waals surface area (Å²) in [6.07, 6.45) is 5.42. The topological polar surface area (TPSA) is 62.9 Å². The van der Waals surface area contributed by atoms with Crippen molar-refractivity contribution in [3.05, 3.63) is 70.9 Å². The van der Waals surface area contributed by atoms with Crippen LogP contribution in [0.3, 0.4) is 0 Å². The molecule has 0 bridgehead atoms. The molecule has 0 aliphatic carbocycles. The summed E-state index contributed by atoms with van der Waals surface area (Å²) in [6.45, 7) is 1.95. The van der Waals surface area contributed by atoms with Crippen LogP contribution in [-0.4, -0.2) is 39.1 Å². The second-order valence-electron chi connectivity index (χ2n) is 6.04. The minimum atomic E-state index is -0.384. The van der Waals surface area contributed by atoms with Crippen LogP contribution in [0.15, 0.2) is 65.4 Å². The van der Waals surface area contributed by atoms with Crippen LogP contribution >= 0.6 is 12.4 Å². The first-order valence-corrected chi connectivity index (χ1v) is 8.21. The number of allylic oxidation sites excluding steroid dienone is 3. The second kappa shape index (κ2) is 8.21. The number of halogens is 1. The van der Waals surface area contributed by atoms with Gasteiger partial charge in [0.25, 0.3) is 0 Å². The summed E-state index contributed by atoms with van der Waals surface area (Å²) in [7, 11) is -0.384. The Morgan fingerprint density at radius 1 is 1.20 bits per heavy atom. The van der Waals surface area contributed by atoms with Crippen molar-refractivity contribution in [1.29, 1.82) is 0 Å². The van der Waals surface area contributed by atoms with Gasteiger partial charge < -0.3 is 24.5 Å². The summed E-state index contributed by atoms with van der Waals surface area (Å²) >= 11 is 0. The smallest absolute Gasteiger partial charge is 0.495 e. The van der Waals surface area contributed by atoms with Gasteiger partial charge in [-0.3, -0.25) is 0 Å². The molecule has 0 amide bonds. The van der Waals surface area contributed by atoms with Gasteiger partial charge in [-0.15, -0.1) is 12.4 Å². The van der Waals surface area contributed by atoms with E-state index in [2.05, 4.69) is 0 Å². The van der Waals surface area contributed by atoms with Crippen molar-refractivity contribution < 1.29 is 18.8 Å². The van der Waals surface area contributed by atoms with Gasteiger partial charge in [-0.25, -0.2) is 0 Å². The first-order valence-electron chi connectivity index (χ1n) is 8.21. The quantitative estimate of drug-likeness (QED) is 0.815. The number of hydrogen-bond acceptors (Lipinski definition) is 5. The first-order chi connectivity index (χ1) is 11.8. The summed E-state index contributed by atoms with van der Waals surface area (Å²) in [6, 6.07) is 10.1. The predicted octanol–water partition coefficient (Wildman–Crippen LogP) is 2.18. The number of rotatable bonds is 5. The van der Waals surface area contributed by atoms with Gasteiger partial charge in [0.2, 0.25) is 0 Å². The van der Waals surface area contributed by atoms with E-state index in [0.29, 0.717) is 26.4 Å². The molecule has 3 aliphatic heterocycles. The molecular formula is C18H21BClNO4. The summed E-state index contributed by atoms with van der Waals surface area (Å²) in [4.78, 5) is 0. The van der Waals surface area contributed by atoms with Crippen LogP contribution < -0.4 is 5.73 Å². The Kier molecular flexibility index (Phi) is 5.99. The van der Waals surface area contributed by atoms with Crippen molar-refractivity contribution in [3.63, 3.8) is 0 Å². The van der Waals surface area contributed by atoms with E-state index in [-0.39, 0.29) is 31.7 Å². The molecule has 25 heavy (non-hydrogen) atoms. The lowest BCUT2D eigenvalue weighted by molar-refractivity contribution is 0.0422. The lowest BCUT2D eigenvalue weighted by atomic mass is 9.70. The third-order valence-corrected chi connectivity index (χ3v) is 4.43. The molecular weight excluding hydrogens is 340 g/mol. The van der Waals surface area contributed by atoms with Gasteiger partial charge >= 0.3 is 7.12 Å². The largest absolute Gasteiger partial charge is 0.497 e. The molecule has 0 spiro atoms. The van der Waals surface area contributed by atoms with Gasteiger partial charge in [0, 0.05) is 6.54 Å². The molecule has 2 N–H and O–H groups in total. The zero-order valence-corrected chi connectivity index (χ0v) is 14.6. The molecule has 1 aromatic carbocycles. The molecule has 0 saturated heterocycles. The van der Waals surface area contributed by atoms with E-state index in [9.17, 15) is 0 Å². The number of nitrogens with two attached hydrogens (primary N) is 1. The SMILES string of the molecule is Cl.NCC1C=C2C=COCC3=C2B(O1)OC3COCc1ccccc1. The van der Waals surface area contributed by atoms with Crippen LogP contribution in [0.5, 0.6) is 0 Å². The molecule has 7 heteroatoms. The Balaban J connectivity index is 0.00000182. The van der Waals surface area contributed by atoms with E-state index < -0.39 is 0 Å². The third-order valence-electron chi connectivity index (χ3n) is 4.43. The van der Waals surface area contributed by atoms with Gasteiger partial charge in [-0.1, -0.05) is 30.3 Å². The average molecular weight is 362 g/mol. The van der Waals surface area contributed by atoms with Crippen LogP contribution in [0.1, 0.15) is 5.56 Å². The van der Waals surface area contributed by atoms with E-state index in [1.807, 2.05) is 42.5 Å². The Morgan fingerprint density at radius 2 is 2.04 bits per heavy atom. The molecule has 5 nitrogen and oxygen atoms in total. The van der Waals surface area contributed by atoms with Crippen molar-refractivity contribution in [2.75, 3.05) is 19.8 Å². The van der Waals surface area contributed by atoms with Crippen molar-refractivity contribution in [1.82, 2.24) is 0 Å². The summed E-state index contributed by atoms with van der Waals surface area (Å²) in [5.74, 6) is 0.